The maximum absolute atomic E-state index is 5.50. The van der Waals surface area contributed by atoms with Gasteiger partial charge in [0.15, 0.2) is 0 Å². The molecular weight excluding hydrogens is 116 g/mol. The third-order valence-corrected chi connectivity index (χ3v) is 1.72. The van der Waals surface area contributed by atoms with Gasteiger partial charge in [0.05, 0.1) is 0 Å². The summed E-state index contributed by atoms with van der Waals surface area (Å²) in [5.74, 6) is 6.06. The Morgan fingerprint density at radius 3 is 2.56 bits per heavy atom. The molecule has 1 fully saturated rings. The molecule has 0 aliphatic heterocycles. The van der Waals surface area contributed by atoms with E-state index in [1.807, 2.05) is 0 Å². The number of hydrogen-bond acceptors (Lipinski definition) is 3. The first kappa shape index (κ1) is 6.35. The lowest BCUT2D eigenvalue weighted by Gasteiger charge is -2.23. The Labute approximate surface area is 54.3 Å². The monoisotopic (exact) mass is 128 g/mol. The molecule has 0 amide bonds. The van der Waals surface area contributed by atoms with Crippen LogP contribution in [0.5, 0.6) is 0 Å². The van der Waals surface area contributed by atoms with Crippen LogP contribution in [0.1, 0.15) is 19.3 Å². The van der Waals surface area contributed by atoms with E-state index in [4.69, 9.17) is 11.6 Å². The van der Waals surface area contributed by atoms with Gasteiger partial charge in [-0.05, 0) is 12.8 Å². The Morgan fingerprint density at radius 2 is 2.22 bits per heavy atom. The Kier molecular flexibility index (Phi) is 1.89. The number of nitrogens with zero attached hydrogens (tertiary/aromatic N) is 1. The minimum absolute atomic E-state index is 0.487. The van der Waals surface area contributed by atoms with E-state index >= 15 is 0 Å². The van der Waals surface area contributed by atoms with Crippen molar-refractivity contribution in [3.63, 3.8) is 0 Å². The molecule has 0 radical (unpaired) electrons. The van der Waals surface area contributed by atoms with Crippen LogP contribution in [0.2, 0.25) is 0 Å². The standard InChI is InChI=1S/C5H12N4/c6-5(8-9-7)4-2-1-3-4/h4,9H,1-3,7H2,(H2,6,8). The summed E-state index contributed by atoms with van der Waals surface area (Å²) in [6, 6.07) is 0. The summed E-state index contributed by atoms with van der Waals surface area (Å²) in [6.45, 7) is 0. The summed E-state index contributed by atoms with van der Waals surface area (Å²) in [7, 11) is 0. The van der Waals surface area contributed by atoms with E-state index in [0.717, 1.165) is 12.8 Å². The normalized spacial score (nSPS) is 21.2. The van der Waals surface area contributed by atoms with E-state index in [-0.39, 0.29) is 0 Å². The fraction of sp³-hybridized carbons (Fsp3) is 0.800. The second-order valence-electron chi connectivity index (χ2n) is 2.29. The van der Waals surface area contributed by atoms with Crippen molar-refractivity contribution in [2.24, 2.45) is 22.6 Å². The molecule has 0 unspecified atom stereocenters. The van der Waals surface area contributed by atoms with Crippen LogP contribution in [0.15, 0.2) is 5.10 Å². The molecule has 0 bridgehead atoms. The zero-order chi connectivity index (χ0) is 6.69. The van der Waals surface area contributed by atoms with Crippen molar-refractivity contribution in [1.29, 1.82) is 0 Å². The van der Waals surface area contributed by atoms with Crippen molar-refractivity contribution in [3.05, 3.63) is 0 Å². The van der Waals surface area contributed by atoms with E-state index in [9.17, 15) is 0 Å². The molecule has 0 aromatic rings. The molecule has 4 heteroatoms. The summed E-state index contributed by atoms with van der Waals surface area (Å²) >= 11 is 0. The van der Waals surface area contributed by atoms with Crippen LogP contribution in [-0.4, -0.2) is 5.84 Å². The SMILES string of the molecule is NN/N=C(\N)C1CCC1. The number of hydrogen-bond donors (Lipinski definition) is 3. The van der Waals surface area contributed by atoms with E-state index in [1.54, 1.807) is 0 Å². The summed E-state index contributed by atoms with van der Waals surface area (Å²) < 4.78 is 0. The van der Waals surface area contributed by atoms with Gasteiger partial charge in [0.1, 0.15) is 5.84 Å². The molecule has 1 rings (SSSR count). The van der Waals surface area contributed by atoms with Gasteiger partial charge in [-0.25, -0.2) is 11.4 Å². The minimum atomic E-state index is 0.487. The van der Waals surface area contributed by atoms with Gasteiger partial charge in [-0.3, -0.25) is 0 Å². The van der Waals surface area contributed by atoms with Crippen molar-refractivity contribution >= 4 is 5.84 Å². The van der Waals surface area contributed by atoms with Gasteiger partial charge in [-0.2, -0.15) is 5.10 Å². The smallest absolute Gasteiger partial charge is 0.124 e. The molecule has 4 nitrogen and oxygen atoms in total. The van der Waals surface area contributed by atoms with Crippen LogP contribution in [0, 0.1) is 5.92 Å². The topological polar surface area (TPSA) is 76.4 Å². The van der Waals surface area contributed by atoms with Gasteiger partial charge in [0.25, 0.3) is 0 Å². The molecule has 1 saturated carbocycles. The van der Waals surface area contributed by atoms with Crippen LogP contribution >= 0.6 is 0 Å². The fourth-order valence-corrected chi connectivity index (χ4v) is 0.870. The van der Waals surface area contributed by atoms with Crippen LogP contribution < -0.4 is 17.1 Å². The lowest BCUT2D eigenvalue weighted by molar-refractivity contribution is 0.408. The Bertz CT molecular complexity index is 116. The van der Waals surface area contributed by atoms with Crippen LogP contribution in [-0.2, 0) is 0 Å². The minimum Gasteiger partial charge on any atom is -0.385 e. The number of hydrazine groups is 1. The first-order chi connectivity index (χ1) is 4.34. The molecule has 0 aromatic carbocycles. The maximum atomic E-state index is 5.50. The molecule has 0 atom stereocenters. The Morgan fingerprint density at radius 1 is 1.56 bits per heavy atom. The van der Waals surface area contributed by atoms with Crippen molar-refractivity contribution in [3.8, 4) is 0 Å². The molecule has 0 aromatic heterocycles. The van der Waals surface area contributed by atoms with Crippen molar-refractivity contribution in [1.82, 2.24) is 5.53 Å². The van der Waals surface area contributed by atoms with E-state index < -0.39 is 0 Å². The maximum Gasteiger partial charge on any atom is 0.124 e. The van der Waals surface area contributed by atoms with E-state index in [0.29, 0.717) is 11.8 Å². The number of hydrazone groups is 1. The van der Waals surface area contributed by atoms with Crippen molar-refractivity contribution < 1.29 is 0 Å². The second kappa shape index (κ2) is 2.68. The number of rotatable bonds is 2. The molecule has 0 saturated heterocycles. The predicted molar refractivity (Wildman–Crippen MR) is 36.3 cm³/mol. The highest BCUT2D eigenvalue weighted by atomic mass is 15.5. The summed E-state index contributed by atoms with van der Waals surface area (Å²) in [5.41, 5.74) is 7.68. The van der Waals surface area contributed by atoms with Crippen molar-refractivity contribution in [2.75, 3.05) is 0 Å². The molecule has 0 heterocycles. The fourth-order valence-electron chi connectivity index (χ4n) is 0.870. The third kappa shape index (κ3) is 1.32. The average molecular weight is 128 g/mol. The summed E-state index contributed by atoms with van der Waals surface area (Å²) in [4.78, 5) is 0. The second-order valence-corrected chi connectivity index (χ2v) is 2.29. The highest BCUT2D eigenvalue weighted by Crippen LogP contribution is 2.25. The van der Waals surface area contributed by atoms with Crippen LogP contribution in [0.25, 0.3) is 0 Å². The van der Waals surface area contributed by atoms with E-state index in [1.165, 1.54) is 6.42 Å². The predicted octanol–water partition coefficient (Wildman–Crippen LogP) is -0.478. The lowest BCUT2D eigenvalue weighted by atomic mass is 9.85. The number of amidine groups is 1. The van der Waals surface area contributed by atoms with Gasteiger partial charge >= 0.3 is 0 Å². The Hall–Kier alpha value is -0.770. The molecule has 0 spiro atoms. The first-order valence-electron chi connectivity index (χ1n) is 3.13. The molecule has 1 aliphatic rings. The molecule has 1 aliphatic carbocycles. The van der Waals surface area contributed by atoms with Crippen LogP contribution in [0.4, 0.5) is 0 Å². The molecule has 5 N–H and O–H groups in total. The Balaban J connectivity index is 2.31. The van der Waals surface area contributed by atoms with Gasteiger partial charge in [0, 0.05) is 5.92 Å². The molecule has 52 valence electrons. The van der Waals surface area contributed by atoms with E-state index in [2.05, 4.69) is 10.6 Å². The van der Waals surface area contributed by atoms with Crippen molar-refractivity contribution in [2.45, 2.75) is 19.3 Å². The number of nitrogens with two attached hydrogens (primary N) is 2. The third-order valence-electron chi connectivity index (χ3n) is 1.72. The summed E-state index contributed by atoms with van der Waals surface area (Å²) in [5, 5.41) is 3.67. The van der Waals surface area contributed by atoms with Gasteiger partial charge in [-0.15, -0.1) is 0 Å². The zero-order valence-electron chi connectivity index (χ0n) is 5.30. The highest BCUT2D eigenvalue weighted by molar-refractivity contribution is 5.83. The van der Waals surface area contributed by atoms with Gasteiger partial charge < -0.3 is 5.73 Å². The lowest BCUT2D eigenvalue weighted by Crippen LogP contribution is -2.32. The zero-order valence-corrected chi connectivity index (χ0v) is 5.30. The quantitative estimate of drug-likeness (QED) is 0.203. The van der Waals surface area contributed by atoms with Gasteiger partial charge in [-0.1, -0.05) is 6.42 Å². The largest absolute Gasteiger partial charge is 0.385 e. The average Bonchev–Trinajstić information content (AvgIpc) is 1.60. The highest BCUT2D eigenvalue weighted by Gasteiger charge is 2.20. The van der Waals surface area contributed by atoms with Gasteiger partial charge in [0.2, 0.25) is 0 Å². The number of nitrogens with one attached hydrogen (secondary N) is 1. The molecule has 9 heavy (non-hydrogen) atoms. The first-order valence-corrected chi connectivity index (χ1v) is 3.13. The summed E-state index contributed by atoms with van der Waals surface area (Å²) in [6.07, 6.45) is 3.60. The molecular formula is C5H12N4. The van der Waals surface area contributed by atoms with Crippen LogP contribution in [0.3, 0.4) is 0 Å².